The minimum atomic E-state index is -3.69. The number of hydrogen-bond acceptors (Lipinski definition) is 4. The third-order valence-electron chi connectivity index (χ3n) is 5.56. The molecule has 28 heavy (non-hydrogen) atoms. The standard InChI is InChI=1S/C22H27NO4S/c1-4-16(15(2)24)12-18-13-20(17-8-6-5-7-9-17)21-14-19(27-3)10-11-22(21)28(25,26)23-18/h5-11,14,16,18,20,23H,4,12-13H2,1-3H3/t16?,18-,20+/m1/s1. The second kappa shape index (κ2) is 8.45. The van der Waals surface area contributed by atoms with Gasteiger partial charge in [0, 0.05) is 17.9 Å². The number of benzene rings is 2. The van der Waals surface area contributed by atoms with Crippen LogP contribution in [0.4, 0.5) is 0 Å². The molecule has 0 bridgehead atoms. The Labute approximate surface area is 167 Å². The SMILES string of the molecule is CCC(C[C@@H]1C[C@@H](c2ccccc2)c2cc(OC)ccc2S(=O)(=O)N1)C(C)=O. The first-order valence-electron chi connectivity index (χ1n) is 9.61. The molecule has 0 fully saturated rings. The lowest BCUT2D eigenvalue weighted by molar-refractivity contribution is -0.121. The lowest BCUT2D eigenvalue weighted by Gasteiger charge is -2.24. The normalized spacial score (nSPS) is 22.0. The van der Waals surface area contributed by atoms with Crippen molar-refractivity contribution in [3.05, 3.63) is 59.7 Å². The van der Waals surface area contributed by atoms with E-state index in [0.29, 0.717) is 25.0 Å². The van der Waals surface area contributed by atoms with Gasteiger partial charge in [-0.15, -0.1) is 0 Å². The molecule has 0 aliphatic carbocycles. The number of hydrogen-bond donors (Lipinski definition) is 1. The van der Waals surface area contributed by atoms with Gasteiger partial charge in [-0.2, -0.15) is 0 Å². The molecule has 150 valence electrons. The van der Waals surface area contributed by atoms with Gasteiger partial charge in [0.25, 0.3) is 0 Å². The van der Waals surface area contributed by atoms with Gasteiger partial charge in [0.2, 0.25) is 10.0 Å². The maximum atomic E-state index is 13.1. The average molecular weight is 402 g/mol. The summed E-state index contributed by atoms with van der Waals surface area (Å²) in [5, 5.41) is 0. The largest absolute Gasteiger partial charge is 0.497 e. The van der Waals surface area contributed by atoms with E-state index in [1.165, 1.54) is 0 Å². The molecule has 6 heteroatoms. The monoisotopic (exact) mass is 401 g/mol. The second-order valence-electron chi connectivity index (χ2n) is 7.37. The highest BCUT2D eigenvalue weighted by Crippen LogP contribution is 2.39. The minimum Gasteiger partial charge on any atom is -0.497 e. The van der Waals surface area contributed by atoms with Gasteiger partial charge in [0.15, 0.2) is 0 Å². The number of carbonyl (C=O) groups excluding carboxylic acids is 1. The molecule has 1 aliphatic rings. The third kappa shape index (κ3) is 4.28. The summed E-state index contributed by atoms with van der Waals surface area (Å²) in [7, 11) is -2.12. The Hall–Kier alpha value is -2.18. The lowest BCUT2D eigenvalue weighted by Crippen LogP contribution is -2.36. The molecule has 3 atom stereocenters. The fraction of sp³-hybridized carbons (Fsp3) is 0.409. The summed E-state index contributed by atoms with van der Waals surface area (Å²) in [4.78, 5) is 12.2. The molecule has 2 aromatic carbocycles. The predicted octanol–water partition coefficient (Wildman–Crippen LogP) is 3.88. The van der Waals surface area contributed by atoms with E-state index in [1.807, 2.05) is 43.3 Å². The molecule has 0 spiro atoms. The van der Waals surface area contributed by atoms with Gasteiger partial charge in [-0.25, -0.2) is 13.1 Å². The number of ketones is 1. The van der Waals surface area contributed by atoms with E-state index < -0.39 is 10.0 Å². The Morgan fingerprint density at radius 2 is 1.93 bits per heavy atom. The van der Waals surface area contributed by atoms with E-state index in [1.54, 1.807) is 26.2 Å². The van der Waals surface area contributed by atoms with Gasteiger partial charge in [0.05, 0.1) is 12.0 Å². The highest BCUT2D eigenvalue weighted by atomic mass is 32.2. The van der Waals surface area contributed by atoms with Crippen LogP contribution in [0.25, 0.3) is 0 Å². The van der Waals surface area contributed by atoms with Gasteiger partial charge in [-0.1, -0.05) is 37.3 Å². The van der Waals surface area contributed by atoms with Crippen LogP contribution in [0.1, 0.15) is 50.2 Å². The number of methoxy groups -OCH3 is 1. The second-order valence-corrected chi connectivity index (χ2v) is 9.05. The molecule has 0 saturated carbocycles. The Balaban J connectivity index is 2.10. The first-order chi connectivity index (χ1) is 13.4. The van der Waals surface area contributed by atoms with E-state index in [0.717, 1.165) is 11.1 Å². The topological polar surface area (TPSA) is 72.5 Å². The molecule has 5 nitrogen and oxygen atoms in total. The molecule has 0 amide bonds. The van der Waals surface area contributed by atoms with E-state index in [9.17, 15) is 13.2 Å². The highest BCUT2D eigenvalue weighted by molar-refractivity contribution is 7.89. The van der Waals surface area contributed by atoms with Crippen LogP contribution >= 0.6 is 0 Å². The zero-order valence-electron chi connectivity index (χ0n) is 16.5. The van der Waals surface area contributed by atoms with E-state index in [4.69, 9.17) is 4.74 Å². The number of sulfonamides is 1. The van der Waals surface area contributed by atoms with Gasteiger partial charge >= 0.3 is 0 Å². The molecule has 1 unspecified atom stereocenters. The molecule has 3 rings (SSSR count). The van der Waals surface area contributed by atoms with Crippen molar-refractivity contribution >= 4 is 15.8 Å². The molecule has 1 heterocycles. The van der Waals surface area contributed by atoms with Crippen LogP contribution in [0.5, 0.6) is 5.75 Å². The van der Waals surface area contributed by atoms with Crippen molar-refractivity contribution in [2.75, 3.05) is 7.11 Å². The Bertz CT molecular complexity index is 940. The fourth-order valence-electron chi connectivity index (χ4n) is 4.02. The first kappa shape index (κ1) is 20.6. The van der Waals surface area contributed by atoms with Crippen LogP contribution in [0.15, 0.2) is 53.4 Å². The first-order valence-corrected chi connectivity index (χ1v) is 11.1. The van der Waals surface area contributed by atoms with Crippen LogP contribution in [-0.4, -0.2) is 27.4 Å². The summed E-state index contributed by atoms with van der Waals surface area (Å²) in [5.74, 6) is 0.468. The van der Waals surface area contributed by atoms with E-state index in [-0.39, 0.29) is 28.6 Å². The summed E-state index contributed by atoms with van der Waals surface area (Å²) >= 11 is 0. The smallest absolute Gasteiger partial charge is 0.241 e. The Kier molecular flexibility index (Phi) is 6.20. The molecule has 1 aliphatic heterocycles. The zero-order valence-corrected chi connectivity index (χ0v) is 17.3. The lowest BCUT2D eigenvalue weighted by atomic mass is 9.83. The number of nitrogens with one attached hydrogen (secondary N) is 1. The summed E-state index contributed by atoms with van der Waals surface area (Å²) in [5.41, 5.74) is 1.79. The van der Waals surface area contributed by atoms with Crippen molar-refractivity contribution in [2.24, 2.45) is 5.92 Å². The van der Waals surface area contributed by atoms with Crippen LogP contribution in [0.2, 0.25) is 0 Å². The van der Waals surface area contributed by atoms with Gasteiger partial charge in [0.1, 0.15) is 11.5 Å². The molecule has 2 aromatic rings. The number of fused-ring (bicyclic) bond motifs is 1. The molecule has 0 saturated heterocycles. The average Bonchev–Trinajstić information content (AvgIpc) is 2.79. The van der Waals surface area contributed by atoms with E-state index >= 15 is 0 Å². The number of rotatable bonds is 6. The van der Waals surface area contributed by atoms with E-state index in [2.05, 4.69) is 4.72 Å². The summed E-state index contributed by atoms with van der Waals surface area (Å²) in [6, 6.07) is 14.7. The van der Waals surface area contributed by atoms with Gasteiger partial charge in [-0.05, 0) is 55.5 Å². The summed E-state index contributed by atoms with van der Waals surface area (Å²) in [6.45, 7) is 3.54. The van der Waals surface area contributed by atoms with Crippen LogP contribution in [-0.2, 0) is 14.8 Å². The maximum absolute atomic E-state index is 13.1. The van der Waals surface area contributed by atoms with Crippen molar-refractivity contribution in [3.8, 4) is 5.75 Å². The van der Waals surface area contributed by atoms with Crippen molar-refractivity contribution < 1.29 is 17.9 Å². The Morgan fingerprint density at radius 3 is 2.54 bits per heavy atom. The number of ether oxygens (including phenoxy) is 1. The van der Waals surface area contributed by atoms with Gasteiger partial charge < -0.3 is 4.74 Å². The molecular formula is C22H27NO4S. The summed E-state index contributed by atoms with van der Waals surface area (Å²) in [6.07, 6.45) is 1.79. The highest BCUT2D eigenvalue weighted by Gasteiger charge is 2.35. The molecular weight excluding hydrogens is 374 g/mol. The summed E-state index contributed by atoms with van der Waals surface area (Å²) < 4.78 is 34.4. The van der Waals surface area contributed by atoms with Gasteiger partial charge in [-0.3, -0.25) is 4.79 Å². The van der Waals surface area contributed by atoms with Crippen LogP contribution in [0, 0.1) is 5.92 Å². The van der Waals surface area contributed by atoms with Crippen LogP contribution < -0.4 is 9.46 Å². The third-order valence-corrected chi connectivity index (χ3v) is 7.16. The predicted molar refractivity (Wildman–Crippen MR) is 109 cm³/mol. The van der Waals surface area contributed by atoms with Crippen molar-refractivity contribution in [2.45, 2.75) is 50.0 Å². The van der Waals surface area contributed by atoms with Crippen LogP contribution in [0.3, 0.4) is 0 Å². The molecule has 0 aromatic heterocycles. The molecule has 1 N–H and O–H groups in total. The minimum absolute atomic E-state index is 0.0985. The zero-order chi connectivity index (χ0) is 20.3. The maximum Gasteiger partial charge on any atom is 0.241 e. The van der Waals surface area contributed by atoms with Crippen molar-refractivity contribution in [1.29, 1.82) is 0 Å². The van der Waals surface area contributed by atoms with Crippen molar-refractivity contribution in [1.82, 2.24) is 4.72 Å². The van der Waals surface area contributed by atoms with Crippen molar-refractivity contribution in [3.63, 3.8) is 0 Å². The molecule has 0 radical (unpaired) electrons. The number of carbonyl (C=O) groups is 1. The quantitative estimate of drug-likeness (QED) is 0.797. The fourth-order valence-corrected chi connectivity index (χ4v) is 5.54. The number of Topliss-reactive ketones (excluding diaryl/α,β-unsaturated/α-hetero) is 1. The Morgan fingerprint density at radius 1 is 1.21 bits per heavy atom.